The fraction of sp³-hybridized carbons (Fsp3) is 0.368. The summed E-state index contributed by atoms with van der Waals surface area (Å²) in [6, 6.07) is 21.8. The van der Waals surface area contributed by atoms with Crippen molar-refractivity contribution in [3.63, 3.8) is 0 Å². The molecule has 0 fully saturated rings. The number of hydrogen-bond donors (Lipinski definition) is 0. The van der Waals surface area contributed by atoms with Gasteiger partial charge in [-0.05, 0) is 35.3 Å². The van der Waals surface area contributed by atoms with E-state index >= 15 is 0 Å². The maximum Gasteiger partial charge on any atom is -0.0110 e. The average molecular weight is 252 g/mol. The number of hydrogen-bond acceptors (Lipinski definition) is 0. The smallest absolute Gasteiger partial charge is 0.0110 e. The van der Waals surface area contributed by atoms with Crippen molar-refractivity contribution in [1.29, 1.82) is 0 Å². The van der Waals surface area contributed by atoms with Crippen LogP contribution in [0.5, 0.6) is 0 Å². The van der Waals surface area contributed by atoms with Crippen LogP contribution >= 0.6 is 0 Å². The molecule has 0 heteroatoms. The molecule has 0 aromatic heterocycles. The van der Waals surface area contributed by atoms with Gasteiger partial charge in [0, 0.05) is 0 Å². The first-order valence-corrected chi connectivity index (χ1v) is 7.22. The summed E-state index contributed by atoms with van der Waals surface area (Å²) in [6.45, 7) is 7.08. The summed E-state index contributed by atoms with van der Waals surface area (Å²) in [6.07, 6.45) is 2.31. The van der Waals surface area contributed by atoms with E-state index in [1.807, 2.05) is 0 Å². The zero-order valence-electron chi connectivity index (χ0n) is 12.3. The second kappa shape index (κ2) is 6.06. The largest absolute Gasteiger partial charge is 0.0648 e. The Balaban J connectivity index is 2.21. The SMILES string of the molecule is CCC(c1ccccc1)C(C)(C)Cc1ccccc1. The summed E-state index contributed by atoms with van der Waals surface area (Å²) >= 11 is 0. The first kappa shape index (κ1) is 13.9. The van der Waals surface area contributed by atoms with Gasteiger partial charge in [-0.15, -0.1) is 0 Å². The summed E-state index contributed by atoms with van der Waals surface area (Å²) < 4.78 is 0. The minimum absolute atomic E-state index is 0.275. The molecule has 0 N–H and O–H groups in total. The lowest BCUT2D eigenvalue weighted by Crippen LogP contribution is -2.24. The molecule has 0 spiro atoms. The van der Waals surface area contributed by atoms with E-state index in [1.165, 1.54) is 17.5 Å². The predicted molar refractivity (Wildman–Crippen MR) is 83.4 cm³/mol. The van der Waals surface area contributed by atoms with Gasteiger partial charge in [-0.1, -0.05) is 81.4 Å². The second-order valence-electron chi connectivity index (χ2n) is 6.02. The van der Waals surface area contributed by atoms with Crippen LogP contribution < -0.4 is 0 Å². The number of benzene rings is 2. The lowest BCUT2D eigenvalue weighted by Gasteiger charge is -2.34. The van der Waals surface area contributed by atoms with E-state index in [2.05, 4.69) is 81.4 Å². The molecule has 0 heterocycles. The third-order valence-corrected chi connectivity index (χ3v) is 4.06. The Kier molecular flexibility index (Phi) is 4.42. The van der Waals surface area contributed by atoms with Crippen LogP contribution in [-0.2, 0) is 6.42 Å². The molecule has 1 atom stereocenters. The molecule has 0 bridgehead atoms. The van der Waals surface area contributed by atoms with Crippen molar-refractivity contribution in [2.45, 2.75) is 39.5 Å². The van der Waals surface area contributed by atoms with Gasteiger partial charge in [-0.3, -0.25) is 0 Å². The van der Waals surface area contributed by atoms with Gasteiger partial charge in [0.05, 0.1) is 0 Å². The summed E-state index contributed by atoms with van der Waals surface area (Å²) in [4.78, 5) is 0. The van der Waals surface area contributed by atoms with E-state index in [0.29, 0.717) is 5.92 Å². The minimum atomic E-state index is 0.275. The monoisotopic (exact) mass is 252 g/mol. The normalized spacial score (nSPS) is 13.2. The first-order chi connectivity index (χ1) is 9.13. The van der Waals surface area contributed by atoms with Crippen LogP contribution in [0.1, 0.15) is 44.2 Å². The standard InChI is InChI=1S/C19H24/c1-4-18(17-13-9-6-10-14-17)19(2,3)15-16-11-7-5-8-12-16/h5-14,18H,4,15H2,1-3H3. The van der Waals surface area contributed by atoms with Gasteiger partial charge >= 0.3 is 0 Å². The van der Waals surface area contributed by atoms with Gasteiger partial charge in [0.25, 0.3) is 0 Å². The van der Waals surface area contributed by atoms with Crippen LogP contribution in [0.25, 0.3) is 0 Å². The van der Waals surface area contributed by atoms with Crippen LogP contribution in [0.15, 0.2) is 60.7 Å². The van der Waals surface area contributed by atoms with Gasteiger partial charge in [0.2, 0.25) is 0 Å². The maximum absolute atomic E-state index is 2.39. The van der Waals surface area contributed by atoms with E-state index < -0.39 is 0 Å². The molecule has 0 aliphatic rings. The molecule has 0 saturated heterocycles. The molecule has 0 aliphatic carbocycles. The van der Waals surface area contributed by atoms with Gasteiger partial charge in [-0.2, -0.15) is 0 Å². The van der Waals surface area contributed by atoms with Crippen LogP contribution in [0, 0.1) is 5.41 Å². The van der Waals surface area contributed by atoms with Gasteiger partial charge in [-0.25, -0.2) is 0 Å². The Morgan fingerprint density at radius 2 is 1.37 bits per heavy atom. The minimum Gasteiger partial charge on any atom is -0.0648 e. The lowest BCUT2D eigenvalue weighted by molar-refractivity contribution is 0.275. The van der Waals surface area contributed by atoms with E-state index in [1.54, 1.807) is 0 Å². The van der Waals surface area contributed by atoms with Crippen molar-refractivity contribution in [1.82, 2.24) is 0 Å². The molecule has 19 heavy (non-hydrogen) atoms. The van der Waals surface area contributed by atoms with Crippen molar-refractivity contribution >= 4 is 0 Å². The van der Waals surface area contributed by atoms with Crippen LogP contribution in [0.3, 0.4) is 0 Å². The van der Waals surface area contributed by atoms with Crippen molar-refractivity contribution < 1.29 is 0 Å². The average Bonchev–Trinajstić information content (AvgIpc) is 2.41. The molecule has 2 aromatic rings. The highest BCUT2D eigenvalue weighted by atomic mass is 14.3. The molecule has 0 saturated carbocycles. The molecule has 0 radical (unpaired) electrons. The highest BCUT2D eigenvalue weighted by Crippen LogP contribution is 2.40. The maximum atomic E-state index is 2.39. The van der Waals surface area contributed by atoms with Crippen molar-refractivity contribution in [2.24, 2.45) is 5.41 Å². The molecule has 2 aromatic carbocycles. The van der Waals surface area contributed by atoms with E-state index in [9.17, 15) is 0 Å². The number of rotatable bonds is 5. The zero-order chi connectivity index (χ0) is 13.7. The highest BCUT2D eigenvalue weighted by molar-refractivity contribution is 5.24. The van der Waals surface area contributed by atoms with Crippen molar-refractivity contribution in [2.75, 3.05) is 0 Å². The molecule has 0 aliphatic heterocycles. The van der Waals surface area contributed by atoms with Crippen LogP contribution in [0.4, 0.5) is 0 Å². The second-order valence-corrected chi connectivity index (χ2v) is 6.02. The molecule has 0 nitrogen and oxygen atoms in total. The predicted octanol–water partition coefficient (Wildman–Crippen LogP) is 5.45. The van der Waals surface area contributed by atoms with Gasteiger partial charge in [0.15, 0.2) is 0 Å². The fourth-order valence-electron chi connectivity index (χ4n) is 3.17. The molecule has 2 rings (SSSR count). The fourth-order valence-corrected chi connectivity index (χ4v) is 3.17. The Bertz CT molecular complexity index is 482. The molecular formula is C19H24. The van der Waals surface area contributed by atoms with Crippen LogP contribution in [-0.4, -0.2) is 0 Å². The summed E-state index contributed by atoms with van der Waals surface area (Å²) in [5, 5.41) is 0. The third-order valence-electron chi connectivity index (χ3n) is 4.06. The van der Waals surface area contributed by atoms with Gasteiger partial charge in [0.1, 0.15) is 0 Å². The Morgan fingerprint density at radius 1 is 0.842 bits per heavy atom. The van der Waals surface area contributed by atoms with Crippen molar-refractivity contribution in [3.05, 3.63) is 71.8 Å². The van der Waals surface area contributed by atoms with E-state index in [-0.39, 0.29) is 5.41 Å². The highest BCUT2D eigenvalue weighted by Gasteiger charge is 2.29. The van der Waals surface area contributed by atoms with E-state index in [4.69, 9.17) is 0 Å². The molecule has 0 amide bonds. The lowest BCUT2D eigenvalue weighted by atomic mass is 9.70. The molecule has 100 valence electrons. The van der Waals surface area contributed by atoms with E-state index in [0.717, 1.165) is 6.42 Å². The molecular weight excluding hydrogens is 228 g/mol. The summed E-state index contributed by atoms with van der Waals surface area (Å²) in [5.74, 6) is 0.605. The first-order valence-electron chi connectivity index (χ1n) is 7.22. The topological polar surface area (TPSA) is 0 Å². The van der Waals surface area contributed by atoms with Crippen molar-refractivity contribution in [3.8, 4) is 0 Å². The van der Waals surface area contributed by atoms with Crippen LogP contribution in [0.2, 0.25) is 0 Å². The Hall–Kier alpha value is -1.56. The molecule has 1 unspecified atom stereocenters. The quantitative estimate of drug-likeness (QED) is 0.664. The third kappa shape index (κ3) is 3.47. The van der Waals surface area contributed by atoms with Gasteiger partial charge < -0.3 is 0 Å². The summed E-state index contributed by atoms with van der Waals surface area (Å²) in [5.41, 5.74) is 3.17. The Morgan fingerprint density at radius 3 is 1.89 bits per heavy atom. The summed E-state index contributed by atoms with van der Waals surface area (Å²) in [7, 11) is 0. The zero-order valence-corrected chi connectivity index (χ0v) is 12.3. The Labute approximate surface area is 117 Å².